The number of hydrogen-bond acceptors (Lipinski definition) is 6. The number of benzene rings is 1. The molecule has 1 aromatic rings. The van der Waals surface area contributed by atoms with Crippen LogP contribution in [0.25, 0.3) is 0 Å². The van der Waals surface area contributed by atoms with Crippen LogP contribution in [-0.2, 0) is 10.6 Å². The fourth-order valence-electron chi connectivity index (χ4n) is 4.47. The van der Waals surface area contributed by atoms with Crippen LogP contribution in [0.3, 0.4) is 0 Å². The first-order valence-electron chi connectivity index (χ1n) is 8.65. The Hall–Kier alpha value is -1.68. The first kappa shape index (κ1) is 16.8. The van der Waals surface area contributed by atoms with Crippen LogP contribution >= 0.6 is 12.0 Å². The van der Waals surface area contributed by atoms with Crippen molar-refractivity contribution in [1.82, 2.24) is 4.90 Å². The SMILES string of the molecule is COc1ccc2cc1O[C@@H]1[C@H]3CCN(C)[C@H](C2)[C@@H]3C=C[C@@H]1OSC#N. The third kappa shape index (κ3) is 3.01. The smallest absolute Gasteiger partial charge is 0.163 e. The summed E-state index contributed by atoms with van der Waals surface area (Å²) in [5, 5.41) is 10.9. The third-order valence-electron chi connectivity index (χ3n) is 5.72. The predicted molar refractivity (Wildman–Crippen MR) is 96.3 cm³/mol. The summed E-state index contributed by atoms with van der Waals surface area (Å²) in [7, 11) is 3.87. The second-order valence-electron chi connectivity index (χ2n) is 6.97. The lowest BCUT2D eigenvalue weighted by Crippen LogP contribution is -2.55. The second kappa shape index (κ2) is 6.91. The van der Waals surface area contributed by atoms with Crippen molar-refractivity contribution in [2.45, 2.75) is 31.1 Å². The highest BCUT2D eigenvalue weighted by Gasteiger charge is 2.46. The normalized spacial score (nSPS) is 33.4. The zero-order valence-electron chi connectivity index (χ0n) is 14.4. The molecule has 2 aliphatic heterocycles. The zero-order valence-corrected chi connectivity index (χ0v) is 15.2. The summed E-state index contributed by atoms with van der Waals surface area (Å²) in [5.41, 5.74) is 1.26. The Morgan fingerprint density at radius 1 is 1.36 bits per heavy atom. The number of rotatable bonds is 3. The van der Waals surface area contributed by atoms with Crippen molar-refractivity contribution in [3.8, 4) is 16.9 Å². The van der Waals surface area contributed by atoms with Crippen molar-refractivity contribution in [2.75, 3.05) is 20.7 Å². The molecule has 2 heterocycles. The van der Waals surface area contributed by atoms with Gasteiger partial charge in [0, 0.05) is 12.0 Å². The van der Waals surface area contributed by atoms with Crippen molar-refractivity contribution in [3.63, 3.8) is 0 Å². The fourth-order valence-corrected chi connectivity index (χ4v) is 4.80. The van der Waals surface area contributed by atoms with E-state index in [1.807, 2.05) is 11.5 Å². The third-order valence-corrected chi connectivity index (χ3v) is 6.11. The maximum absolute atomic E-state index is 8.87. The summed E-state index contributed by atoms with van der Waals surface area (Å²) in [6.45, 7) is 1.05. The van der Waals surface area contributed by atoms with Crippen LogP contribution in [-0.4, -0.2) is 43.9 Å². The molecule has 0 radical (unpaired) electrons. The van der Waals surface area contributed by atoms with Crippen LogP contribution in [0.2, 0.25) is 0 Å². The molecule has 0 unspecified atom stereocenters. The Morgan fingerprint density at radius 2 is 2.24 bits per heavy atom. The molecule has 4 rings (SSSR count). The van der Waals surface area contributed by atoms with Gasteiger partial charge in [0.1, 0.15) is 24.3 Å². The standard InChI is InChI=1S/C19H22N2O3S/c1-21-8-7-14-13-4-6-17(24-25-11-20)19(14)23-18-10-12(9-15(13)21)3-5-16(18)22-2/h3-6,10,13-15,17,19H,7-9H2,1-2H3/t13-,14+,15-,17+,19-/m1/s1. The van der Waals surface area contributed by atoms with E-state index in [-0.39, 0.29) is 12.2 Å². The lowest BCUT2D eigenvalue weighted by atomic mass is 9.71. The van der Waals surface area contributed by atoms with Crippen LogP contribution in [0, 0.1) is 22.5 Å². The van der Waals surface area contributed by atoms with Gasteiger partial charge in [-0.15, -0.1) is 0 Å². The van der Waals surface area contributed by atoms with Crippen LogP contribution in [0.4, 0.5) is 0 Å². The Morgan fingerprint density at radius 3 is 3.04 bits per heavy atom. The molecule has 1 aliphatic carbocycles. The molecule has 6 heteroatoms. The van der Waals surface area contributed by atoms with Crippen LogP contribution in [0.15, 0.2) is 30.4 Å². The van der Waals surface area contributed by atoms with E-state index >= 15 is 0 Å². The van der Waals surface area contributed by atoms with E-state index in [9.17, 15) is 0 Å². The molecule has 0 spiro atoms. The number of likely N-dealkylation sites (tertiary alicyclic amines) is 1. The van der Waals surface area contributed by atoms with Crippen molar-refractivity contribution >= 4 is 12.0 Å². The topological polar surface area (TPSA) is 54.7 Å². The molecule has 0 saturated carbocycles. The lowest BCUT2D eigenvalue weighted by Gasteiger charge is -2.48. The highest BCUT2D eigenvalue weighted by Crippen LogP contribution is 2.43. The first-order chi connectivity index (χ1) is 12.2. The van der Waals surface area contributed by atoms with Gasteiger partial charge in [0.15, 0.2) is 16.9 Å². The van der Waals surface area contributed by atoms with Crippen LogP contribution in [0.5, 0.6) is 11.5 Å². The molecule has 132 valence electrons. The van der Waals surface area contributed by atoms with Gasteiger partial charge in [-0.3, -0.25) is 4.18 Å². The lowest BCUT2D eigenvalue weighted by molar-refractivity contribution is -0.0235. The Labute approximate surface area is 152 Å². The van der Waals surface area contributed by atoms with Crippen molar-refractivity contribution in [3.05, 3.63) is 35.9 Å². The molecule has 5 nitrogen and oxygen atoms in total. The molecule has 0 N–H and O–H groups in total. The van der Waals surface area contributed by atoms with E-state index in [2.05, 4.69) is 36.2 Å². The largest absolute Gasteiger partial charge is 0.493 e. The molecule has 0 aromatic heterocycles. The molecule has 1 aromatic carbocycles. The first-order valence-corrected chi connectivity index (χ1v) is 9.39. The molecule has 3 aliphatic rings. The summed E-state index contributed by atoms with van der Waals surface area (Å²) in [6.07, 6.45) is 6.05. The molecule has 6 bridgehead atoms. The van der Waals surface area contributed by atoms with Gasteiger partial charge in [0.25, 0.3) is 0 Å². The summed E-state index contributed by atoms with van der Waals surface area (Å²) in [6, 6.07) is 6.65. The van der Waals surface area contributed by atoms with E-state index in [1.54, 1.807) is 7.11 Å². The number of nitrogens with zero attached hydrogens (tertiary/aromatic N) is 2. The number of nitriles is 1. The van der Waals surface area contributed by atoms with Gasteiger partial charge < -0.3 is 14.4 Å². The molecule has 0 amide bonds. The van der Waals surface area contributed by atoms with E-state index < -0.39 is 0 Å². The van der Waals surface area contributed by atoms with Crippen molar-refractivity contribution < 1.29 is 13.7 Å². The predicted octanol–water partition coefficient (Wildman–Crippen LogP) is 3.02. The fraction of sp³-hybridized carbons (Fsp3) is 0.526. The molecule has 25 heavy (non-hydrogen) atoms. The molecular formula is C19H22N2O3S. The van der Waals surface area contributed by atoms with Crippen LogP contribution < -0.4 is 9.47 Å². The monoisotopic (exact) mass is 358 g/mol. The Balaban J connectivity index is 1.77. The molecule has 1 fully saturated rings. The maximum atomic E-state index is 8.87. The minimum atomic E-state index is -0.235. The minimum Gasteiger partial charge on any atom is -0.493 e. The molecular weight excluding hydrogens is 336 g/mol. The Kier molecular flexibility index (Phi) is 4.63. The quantitative estimate of drug-likeness (QED) is 0.470. The number of thiocyanates is 1. The molecule has 1 saturated heterocycles. The summed E-state index contributed by atoms with van der Waals surface area (Å²) < 4.78 is 17.7. The number of ether oxygens (including phenoxy) is 2. The van der Waals surface area contributed by atoms with Gasteiger partial charge in [0.2, 0.25) is 0 Å². The number of fused-ring (bicyclic) bond motifs is 2. The average Bonchev–Trinajstić information content (AvgIpc) is 2.64. The molecule has 5 atom stereocenters. The maximum Gasteiger partial charge on any atom is 0.163 e. The van der Waals surface area contributed by atoms with Gasteiger partial charge in [-0.2, -0.15) is 5.26 Å². The minimum absolute atomic E-state index is 0.116. The zero-order chi connectivity index (χ0) is 17.4. The van der Waals surface area contributed by atoms with Gasteiger partial charge in [-0.25, -0.2) is 0 Å². The van der Waals surface area contributed by atoms with Gasteiger partial charge in [0.05, 0.1) is 7.11 Å². The number of piperidine rings is 1. The van der Waals surface area contributed by atoms with E-state index in [4.69, 9.17) is 18.9 Å². The second-order valence-corrected chi connectivity index (χ2v) is 7.51. The van der Waals surface area contributed by atoms with Crippen LogP contribution in [0.1, 0.15) is 12.0 Å². The van der Waals surface area contributed by atoms with Gasteiger partial charge in [-0.1, -0.05) is 18.2 Å². The number of hydrogen-bond donors (Lipinski definition) is 0. The van der Waals surface area contributed by atoms with E-state index in [0.717, 1.165) is 42.9 Å². The highest BCUT2D eigenvalue weighted by atomic mass is 32.2. The summed E-state index contributed by atoms with van der Waals surface area (Å²) in [4.78, 5) is 2.46. The van der Waals surface area contributed by atoms with E-state index in [1.165, 1.54) is 5.56 Å². The van der Waals surface area contributed by atoms with Gasteiger partial charge in [-0.05, 0) is 50.0 Å². The van der Waals surface area contributed by atoms with Gasteiger partial charge >= 0.3 is 0 Å². The van der Waals surface area contributed by atoms with Crippen molar-refractivity contribution in [1.29, 1.82) is 5.26 Å². The Bertz CT molecular complexity index is 717. The van der Waals surface area contributed by atoms with Crippen molar-refractivity contribution in [2.24, 2.45) is 11.8 Å². The highest BCUT2D eigenvalue weighted by molar-refractivity contribution is 7.99. The number of methoxy groups -OCH3 is 1. The number of likely N-dealkylation sites (N-methyl/N-ethyl adjacent to an activating group) is 1. The van der Waals surface area contributed by atoms with E-state index in [0.29, 0.717) is 17.9 Å². The average molecular weight is 358 g/mol. The summed E-state index contributed by atoms with van der Waals surface area (Å²) in [5.74, 6) is 2.31. The summed E-state index contributed by atoms with van der Waals surface area (Å²) >= 11 is 0.825.